The van der Waals surface area contributed by atoms with E-state index in [-0.39, 0.29) is 11.8 Å². The number of thioether (sulfide) groups is 1. The van der Waals surface area contributed by atoms with Gasteiger partial charge in [0.15, 0.2) is 0 Å². The van der Waals surface area contributed by atoms with Crippen LogP contribution in [0.4, 0.5) is 5.69 Å². The number of hydrogen-bond donors (Lipinski definition) is 1. The lowest BCUT2D eigenvalue weighted by atomic mass is 10.1. The molecule has 2 amide bonds. The molecule has 2 aromatic rings. The van der Waals surface area contributed by atoms with Crippen molar-refractivity contribution in [3.05, 3.63) is 58.1 Å². The van der Waals surface area contributed by atoms with E-state index < -0.39 is 0 Å². The number of anilines is 1. The van der Waals surface area contributed by atoms with E-state index in [0.717, 1.165) is 47.2 Å². The first-order valence-corrected chi connectivity index (χ1v) is 11.6. The average Bonchev–Trinajstić information content (AvgIpc) is 2.74. The number of carbonyl (C=O) groups is 2. The molecule has 0 atom stereocenters. The first kappa shape index (κ1) is 22.5. The molecule has 0 aromatic heterocycles. The van der Waals surface area contributed by atoms with Gasteiger partial charge in [-0.25, -0.2) is 0 Å². The number of ether oxygens (including phenoxy) is 1. The van der Waals surface area contributed by atoms with Crippen molar-refractivity contribution in [1.82, 2.24) is 4.90 Å². The van der Waals surface area contributed by atoms with Crippen molar-refractivity contribution in [1.29, 1.82) is 0 Å². The summed E-state index contributed by atoms with van der Waals surface area (Å²) in [5.41, 5.74) is 3.26. The molecule has 0 saturated carbocycles. The average molecular weight is 447 g/mol. The monoisotopic (exact) mass is 446 g/mol. The lowest BCUT2D eigenvalue weighted by Gasteiger charge is -2.26. The predicted molar refractivity (Wildman–Crippen MR) is 124 cm³/mol. The highest BCUT2D eigenvalue weighted by Crippen LogP contribution is 2.22. The molecule has 0 aliphatic carbocycles. The number of aryl methyl sites for hydroxylation is 2. The maximum Gasteiger partial charge on any atom is 0.253 e. The molecule has 0 unspecified atom stereocenters. The minimum atomic E-state index is -0.0679. The summed E-state index contributed by atoms with van der Waals surface area (Å²) in [5, 5.41) is 3.61. The highest BCUT2D eigenvalue weighted by Gasteiger charge is 2.19. The molecular formula is C23H27ClN2O3S. The van der Waals surface area contributed by atoms with E-state index >= 15 is 0 Å². The van der Waals surface area contributed by atoms with Crippen molar-refractivity contribution in [2.45, 2.75) is 26.7 Å². The van der Waals surface area contributed by atoms with Gasteiger partial charge in [-0.3, -0.25) is 9.59 Å². The number of carbonyl (C=O) groups excluding carboxylic acids is 2. The quantitative estimate of drug-likeness (QED) is 0.612. The molecular weight excluding hydrogens is 420 g/mol. The van der Waals surface area contributed by atoms with Gasteiger partial charge in [-0.05, 0) is 67.8 Å². The second-order valence-corrected chi connectivity index (χ2v) is 9.01. The molecule has 0 spiro atoms. The number of rotatable bonds is 7. The fraction of sp³-hybridized carbons (Fsp3) is 0.391. The van der Waals surface area contributed by atoms with E-state index in [9.17, 15) is 9.59 Å². The van der Waals surface area contributed by atoms with E-state index in [1.54, 1.807) is 12.1 Å². The maximum atomic E-state index is 12.6. The van der Waals surface area contributed by atoms with Crippen molar-refractivity contribution in [3.8, 4) is 5.75 Å². The van der Waals surface area contributed by atoms with Crippen molar-refractivity contribution >= 4 is 40.9 Å². The van der Waals surface area contributed by atoms with E-state index in [2.05, 4.69) is 5.32 Å². The number of hydrogen-bond acceptors (Lipinski definition) is 4. The lowest BCUT2D eigenvalue weighted by Crippen LogP contribution is -2.37. The van der Waals surface area contributed by atoms with Crippen LogP contribution in [0.15, 0.2) is 36.4 Å². The standard InChI is InChI=1S/C23H27ClN2O3S/c1-16-14-18(23(28)26-9-12-30-13-10-26)5-7-20(16)25-22(27)4-3-11-29-21-8-6-19(24)15-17(21)2/h5-8,14-15H,3-4,9-13H2,1-2H3,(H,25,27). The Morgan fingerprint density at radius 2 is 1.87 bits per heavy atom. The number of amides is 2. The van der Waals surface area contributed by atoms with E-state index in [1.807, 2.05) is 54.8 Å². The molecule has 160 valence electrons. The lowest BCUT2D eigenvalue weighted by molar-refractivity contribution is -0.116. The zero-order chi connectivity index (χ0) is 21.5. The Hall–Kier alpha value is -2.18. The van der Waals surface area contributed by atoms with Crippen LogP contribution in [-0.2, 0) is 4.79 Å². The van der Waals surface area contributed by atoms with Crippen LogP contribution in [0, 0.1) is 13.8 Å². The Morgan fingerprint density at radius 1 is 1.10 bits per heavy atom. The Morgan fingerprint density at radius 3 is 2.57 bits per heavy atom. The summed E-state index contributed by atoms with van der Waals surface area (Å²) in [7, 11) is 0. The van der Waals surface area contributed by atoms with Crippen LogP contribution >= 0.6 is 23.4 Å². The highest BCUT2D eigenvalue weighted by atomic mass is 35.5. The van der Waals surface area contributed by atoms with Gasteiger partial charge in [-0.1, -0.05) is 11.6 Å². The molecule has 1 heterocycles. The number of nitrogens with zero attached hydrogens (tertiary/aromatic N) is 1. The maximum absolute atomic E-state index is 12.6. The second-order valence-electron chi connectivity index (χ2n) is 7.34. The van der Waals surface area contributed by atoms with Gasteiger partial charge >= 0.3 is 0 Å². The summed E-state index contributed by atoms with van der Waals surface area (Å²) < 4.78 is 5.73. The van der Waals surface area contributed by atoms with Crippen LogP contribution in [-0.4, -0.2) is 47.9 Å². The molecule has 3 rings (SSSR count). The van der Waals surface area contributed by atoms with Gasteiger partial charge in [0.2, 0.25) is 5.91 Å². The smallest absolute Gasteiger partial charge is 0.253 e. The van der Waals surface area contributed by atoms with Crippen molar-refractivity contribution in [2.75, 3.05) is 36.5 Å². The Bertz CT molecular complexity index is 913. The van der Waals surface area contributed by atoms with Crippen molar-refractivity contribution in [3.63, 3.8) is 0 Å². The molecule has 1 saturated heterocycles. The first-order chi connectivity index (χ1) is 14.4. The number of nitrogens with one attached hydrogen (secondary N) is 1. The SMILES string of the molecule is Cc1cc(C(=O)N2CCSCC2)ccc1NC(=O)CCCOc1ccc(Cl)cc1C. The summed E-state index contributed by atoms with van der Waals surface area (Å²) in [4.78, 5) is 26.8. The van der Waals surface area contributed by atoms with E-state index in [4.69, 9.17) is 16.3 Å². The first-order valence-electron chi connectivity index (χ1n) is 10.1. The third kappa shape index (κ3) is 6.16. The van der Waals surface area contributed by atoms with Crippen molar-refractivity contribution in [2.24, 2.45) is 0 Å². The molecule has 1 aliphatic rings. The predicted octanol–water partition coefficient (Wildman–Crippen LogP) is 4.94. The molecule has 0 radical (unpaired) electrons. The summed E-state index contributed by atoms with van der Waals surface area (Å²) in [6.45, 7) is 5.88. The Kier molecular flexibility index (Phi) is 8.05. The molecule has 2 aromatic carbocycles. The van der Waals surface area contributed by atoms with Gasteiger partial charge in [0.1, 0.15) is 5.75 Å². The van der Waals surface area contributed by atoms with Gasteiger partial charge in [-0.15, -0.1) is 0 Å². The van der Waals surface area contributed by atoms with Crippen LogP contribution in [0.25, 0.3) is 0 Å². The van der Waals surface area contributed by atoms with Gasteiger partial charge in [0, 0.05) is 47.3 Å². The Balaban J connectivity index is 1.47. The topological polar surface area (TPSA) is 58.6 Å². The van der Waals surface area contributed by atoms with Crippen LogP contribution < -0.4 is 10.1 Å². The molecule has 1 N–H and O–H groups in total. The molecule has 1 fully saturated rings. The molecule has 5 nitrogen and oxygen atoms in total. The third-order valence-electron chi connectivity index (χ3n) is 4.99. The van der Waals surface area contributed by atoms with Gasteiger partial charge in [0.25, 0.3) is 5.91 Å². The third-order valence-corrected chi connectivity index (χ3v) is 6.17. The fourth-order valence-electron chi connectivity index (χ4n) is 3.29. The van der Waals surface area contributed by atoms with Crippen LogP contribution in [0.1, 0.15) is 34.3 Å². The number of benzene rings is 2. The zero-order valence-corrected chi connectivity index (χ0v) is 18.9. The highest BCUT2D eigenvalue weighted by molar-refractivity contribution is 7.99. The fourth-order valence-corrected chi connectivity index (χ4v) is 4.42. The second kappa shape index (κ2) is 10.7. The van der Waals surface area contributed by atoms with Crippen LogP contribution in [0.3, 0.4) is 0 Å². The largest absolute Gasteiger partial charge is 0.493 e. The molecule has 30 heavy (non-hydrogen) atoms. The van der Waals surface area contributed by atoms with Gasteiger partial charge in [-0.2, -0.15) is 11.8 Å². The minimum absolute atomic E-state index is 0.0610. The minimum Gasteiger partial charge on any atom is -0.493 e. The summed E-state index contributed by atoms with van der Waals surface area (Å²) in [5.74, 6) is 2.75. The molecule has 1 aliphatic heterocycles. The van der Waals surface area contributed by atoms with E-state index in [1.165, 1.54) is 0 Å². The van der Waals surface area contributed by atoms with E-state index in [0.29, 0.717) is 30.0 Å². The summed E-state index contributed by atoms with van der Waals surface area (Å²) in [6.07, 6.45) is 0.967. The molecule has 0 bridgehead atoms. The number of halogens is 1. The zero-order valence-electron chi connectivity index (χ0n) is 17.4. The Labute approximate surface area is 187 Å². The van der Waals surface area contributed by atoms with Crippen LogP contribution in [0.5, 0.6) is 5.75 Å². The summed E-state index contributed by atoms with van der Waals surface area (Å²) >= 11 is 7.82. The summed E-state index contributed by atoms with van der Waals surface area (Å²) in [6, 6.07) is 10.9. The molecule has 7 heteroatoms. The normalized spacial score (nSPS) is 13.8. The van der Waals surface area contributed by atoms with Gasteiger partial charge in [0.05, 0.1) is 6.61 Å². The van der Waals surface area contributed by atoms with Crippen molar-refractivity contribution < 1.29 is 14.3 Å². The van der Waals surface area contributed by atoms with Crippen LogP contribution in [0.2, 0.25) is 5.02 Å². The van der Waals surface area contributed by atoms with Gasteiger partial charge < -0.3 is 15.0 Å².